The molecule has 0 saturated heterocycles. The van der Waals surface area contributed by atoms with Crippen molar-refractivity contribution in [1.82, 2.24) is 0 Å². The summed E-state index contributed by atoms with van der Waals surface area (Å²) < 4.78 is 10.4. The van der Waals surface area contributed by atoms with Gasteiger partial charge in [-0.05, 0) is 64.5 Å². The lowest BCUT2D eigenvalue weighted by molar-refractivity contribution is 0.0446. The molecule has 2 unspecified atom stereocenters. The smallest absolute Gasteiger partial charge is 0.339 e. The molecule has 0 heterocycles. The highest BCUT2D eigenvalue weighted by Crippen LogP contribution is 2.13. The van der Waals surface area contributed by atoms with Crippen molar-refractivity contribution in [3.05, 3.63) is 35.4 Å². The van der Waals surface area contributed by atoms with Gasteiger partial charge in [0.2, 0.25) is 0 Å². The van der Waals surface area contributed by atoms with E-state index in [2.05, 4.69) is 0 Å². The monoisotopic (exact) mass is 366 g/mol. The van der Waals surface area contributed by atoms with E-state index in [1.807, 2.05) is 0 Å². The van der Waals surface area contributed by atoms with Gasteiger partial charge in [-0.3, -0.25) is 0 Å². The molecule has 0 bridgehead atoms. The Bertz CT molecular complexity index is 504. The van der Waals surface area contributed by atoms with Crippen LogP contribution in [0.1, 0.15) is 73.1 Å². The second-order valence-electron chi connectivity index (χ2n) is 6.51. The molecule has 2 atom stereocenters. The number of carbonyl (C=O) groups excluding carboxylic acids is 2. The second kappa shape index (κ2) is 12.4. The van der Waals surface area contributed by atoms with E-state index in [4.69, 9.17) is 9.47 Å². The van der Waals surface area contributed by atoms with Crippen molar-refractivity contribution in [1.29, 1.82) is 0 Å². The Morgan fingerprint density at radius 3 is 1.54 bits per heavy atom. The van der Waals surface area contributed by atoms with Gasteiger partial charge < -0.3 is 19.7 Å². The van der Waals surface area contributed by atoms with Crippen molar-refractivity contribution >= 4 is 11.9 Å². The summed E-state index contributed by atoms with van der Waals surface area (Å²) in [6.07, 6.45) is 3.45. The van der Waals surface area contributed by atoms with Crippen LogP contribution >= 0.6 is 0 Å². The van der Waals surface area contributed by atoms with Gasteiger partial charge in [-0.25, -0.2) is 9.59 Å². The first-order chi connectivity index (χ1) is 12.4. The molecule has 1 aromatic carbocycles. The minimum absolute atomic E-state index is 0.192. The Hall–Kier alpha value is -1.92. The molecular weight excluding hydrogens is 336 g/mol. The number of hydrogen-bond acceptors (Lipinski definition) is 6. The Kier molecular flexibility index (Phi) is 10.6. The van der Waals surface area contributed by atoms with Crippen LogP contribution in [-0.2, 0) is 9.47 Å². The molecule has 0 fully saturated rings. The van der Waals surface area contributed by atoms with Crippen molar-refractivity contribution in [3.63, 3.8) is 0 Å². The SMILES string of the molecule is CC(O)CCCCOC(=O)c1ccccc1C(=O)OCCCCC(C)O. The molecular formula is C20H30O6. The highest BCUT2D eigenvalue weighted by atomic mass is 16.5. The van der Waals surface area contributed by atoms with E-state index >= 15 is 0 Å². The number of unbranched alkanes of at least 4 members (excludes halogenated alkanes) is 2. The average molecular weight is 366 g/mol. The van der Waals surface area contributed by atoms with Crippen molar-refractivity contribution in [2.45, 2.75) is 64.6 Å². The van der Waals surface area contributed by atoms with Gasteiger partial charge in [-0.2, -0.15) is 0 Å². The number of benzene rings is 1. The minimum Gasteiger partial charge on any atom is -0.462 e. The lowest BCUT2D eigenvalue weighted by Gasteiger charge is -2.10. The topological polar surface area (TPSA) is 93.1 Å². The van der Waals surface area contributed by atoms with E-state index in [0.29, 0.717) is 25.7 Å². The third kappa shape index (κ3) is 8.97. The van der Waals surface area contributed by atoms with Crippen molar-refractivity contribution in [2.24, 2.45) is 0 Å². The maximum absolute atomic E-state index is 12.2. The lowest BCUT2D eigenvalue weighted by Crippen LogP contribution is -2.15. The van der Waals surface area contributed by atoms with Crippen LogP contribution in [-0.4, -0.2) is 47.6 Å². The Labute approximate surface area is 155 Å². The fourth-order valence-electron chi connectivity index (χ4n) is 2.41. The molecule has 0 saturated carbocycles. The Balaban J connectivity index is 2.47. The average Bonchev–Trinajstić information content (AvgIpc) is 2.60. The summed E-state index contributed by atoms with van der Waals surface area (Å²) in [5.74, 6) is -1.10. The molecule has 0 aliphatic heterocycles. The van der Waals surface area contributed by atoms with E-state index in [-0.39, 0.29) is 36.5 Å². The molecule has 0 aromatic heterocycles. The van der Waals surface area contributed by atoms with Gasteiger partial charge in [0.15, 0.2) is 0 Å². The highest BCUT2D eigenvalue weighted by molar-refractivity contribution is 6.03. The van der Waals surface area contributed by atoms with Crippen molar-refractivity contribution in [3.8, 4) is 0 Å². The summed E-state index contributed by atoms with van der Waals surface area (Å²) in [5, 5.41) is 18.4. The van der Waals surface area contributed by atoms with Crippen LogP contribution < -0.4 is 0 Å². The predicted octanol–water partition coefficient (Wildman–Crippen LogP) is 3.10. The van der Waals surface area contributed by atoms with Gasteiger partial charge in [0.05, 0.1) is 36.5 Å². The van der Waals surface area contributed by atoms with Gasteiger partial charge in [0.25, 0.3) is 0 Å². The van der Waals surface area contributed by atoms with E-state index < -0.39 is 11.9 Å². The summed E-state index contributed by atoms with van der Waals surface area (Å²) >= 11 is 0. The molecule has 0 amide bonds. The van der Waals surface area contributed by atoms with Gasteiger partial charge in [-0.15, -0.1) is 0 Å². The second-order valence-corrected chi connectivity index (χ2v) is 6.51. The standard InChI is InChI=1S/C20H30O6/c1-15(21)9-5-7-13-25-19(23)17-11-3-4-12-18(17)20(24)26-14-8-6-10-16(2)22/h3-4,11-12,15-16,21-22H,5-10,13-14H2,1-2H3. The largest absolute Gasteiger partial charge is 0.462 e. The summed E-state index contributed by atoms with van der Waals surface area (Å²) in [6, 6.07) is 6.43. The molecule has 146 valence electrons. The molecule has 2 N–H and O–H groups in total. The quantitative estimate of drug-likeness (QED) is 0.436. The molecule has 26 heavy (non-hydrogen) atoms. The first-order valence-corrected chi connectivity index (χ1v) is 9.21. The number of carbonyl (C=O) groups is 2. The molecule has 1 aromatic rings. The van der Waals surface area contributed by atoms with Crippen LogP contribution in [0.3, 0.4) is 0 Å². The zero-order valence-corrected chi connectivity index (χ0v) is 15.6. The van der Waals surface area contributed by atoms with Crippen LogP contribution in [0.5, 0.6) is 0 Å². The zero-order chi connectivity index (χ0) is 19.4. The Morgan fingerprint density at radius 1 is 0.808 bits per heavy atom. The fourth-order valence-corrected chi connectivity index (χ4v) is 2.41. The normalized spacial score (nSPS) is 13.1. The van der Waals surface area contributed by atoms with E-state index in [1.165, 1.54) is 0 Å². The van der Waals surface area contributed by atoms with E-state index in [9.17, 15) is 19.8 Å². The van der Waals surface area contributed by atoms with Gasteiger partial charge >= 0.3 is 11.9 Å². The van der Waals surface area contributed by atoms with Gasteiger partial charge in [0, 0.05) is 0 Å². The van der Waals surface area contributed by atoms with Crippen molar-refractivity contribution in [2.75, 3.05) is 13.2 Å². The van der Waals surface area contributed by atoms with Crippen molar-refractivity contribution < 1.29 is 29.3 Å². The lowest BCUT2D eigenvalue weighted by atomic mass is 10.1. The predicted molar refractivity (Wildman–Crippen MR) is 98.1 cm³/mol. The maximum atomic E-state index is 12.2. The van der Waals surface area contributed by atoms with Crippen LogP contribution in [0.2, 0.25) is 0 Å². The molecule has 0 radical (unpaired) electrons. The number of aliphatic hydroxyl groups is 2. The summed E-state index contributed by atoms with van der Waals surface area (Å²) in [6.45, 7) is 3.93. The van der Waals surface area contributed by atoms with Crippen LogP contribution in [0.25, 0.3) is 0 Å². The van der Waals surface area contributed by atoms with Crippen LogP contribution in [0.4, 0.5) is 0 Å². The maximum Gasteiger partial charge on any atom is 0.339 e. The molecule has 0 aliphatic rings. The Morgan fingerprint density at radius 2 is 1.19 bits per heavy atom. The minimum atomic E-state index is -0.552. The fraction of sp³-hybridized carbons (Fsp3) is 0.600. The molecule has 1 rings (SSSR count). The number of rotatable bonds is 12. The first kappa shape index (κ1) is 22.1. The number of aliphatic hydroxyl groups excluding tert-OH is 2. The molecule has 0 aliphatic carbocycles. The van der Waals surface area contributed by atoms with Crippen LogP contribution in [0, 0.1) is 0 Å². The highest BCUT2D eigenvalue weighted by Gasteiger charge is 2.18. The summed E-state index contributed by atoms with van der Waals surface area (Å²) in [5.41, 5.74) is 0.383. The molecule has 6 nitrogen and oxygen atoms in total. The zero-order valence-electron chi connectivity index (χ0n) is 15.6. The molecule has 0 spiro atoms. The van der Waals surface area contributed by atoms with Gasteiger partial charge in [-0.1, -0.05) is 12.1 Å². The van der Waals surface area contributed by atoms with Crippen LogP contribution in [0.15, 0.2) is 24.3 Å². The van der Waals surface area contributed by atoms with Gasteiger partial charge in [0.1, 0.15) is 0 Å². The van der Waals surface area contributed by atoms with E-state index in [1.54, 1.807) is 38.1 Å². The summed E-state index contributed by atoms with van der Waals surface area (Å²) in [4.78, 5) is 24.4. The third-order valence-corrected chi connectivity index (χ3v) is 3.87. The number of esters is 2. The number of ether oxygens (including phenoxy) is 2. The number of hydrogen-bond donors (Lipinski definition) is 2. The molecule has 6 heteroatoms. The third-order valence-electron chi connectivity index (χ3n) is 3.87. The van der Waals surface area contributed by atoms with E-state index in [0.717, 1.165) is 12.8 Å². The summed E-state index contributed by atoms with van der Waals surface area (Å²) in [7, 11) is 0. The first-order valence-electron chi connectivity index (χ1n) is 9.21.